The Labute approximate surface area is 213 Å². The number of carbonyl (C=O) groups is 3. The Hall–Kier alpha value is -3.82. The lowest BCUT2D eigenvalue weighted by Gasteiger charge is -2.16. The first kappa shape index (κ1) is 25.3. The summed E-state index contributed by atoms with van der Waals surface area (Å²) in [4.78, 5) is 39.3. The van der Waals surface area contributed by atoms with Gasteiger partial charge in [-0.2, -0.15) is 13.2 Å². The fourth-order valence-corrected chi connectivity index (χ4v) is 3.78. The lowest BCUT2D eigenvalue weighted by atomic mass is 10.1. The SMILES string of the molecule is Cc1ccc(C(=O)Nc2cccc(C(F)(F)F)c2)cc1NC1=C(Cl)C(=O)N(c2ccc(Cl)cc2)C1=O. The maximum atomic E-state index is 13.0. The highest BCUT2D eigenvalue weighted by molar-refractivity contribution is 6.53. The van der Waals surface area contributed by atoms with Crippen LogP contribution in [0.1, 0.15) is 21.5 Å². The van der Waals surface area contributed by atoms with Crippen molar-refractivity contribution in [2.75, 3.05) is 15.5 Å². The molecule has 0 fully saturated rings. The zero-order valence-corrected chi connectivity index (χ0v) is 19.9. The van der Waals surface area contributed by atoms with E-state index in [2.05, 4.69) is 10.6 Å². The molecule has 3 amide bonds. The molecule has 0 atom stereocenters. The molecule has 1 heterocycles. The summed E-state index contributed by atoms with van der Waals surface area (Å²) < 4.78 is 38.9. The summed E-state index contributed by atoms with van der Waals surface area (Å²) in [5, 5.41) is 5.33. The second-order valence-corrected chi connectivity index (χ2v) is 8.61. The summed E-state index contributed by atoms with van der Waals surface area (Å²) in [7, 11) is 0. The molecule has 0 aliphatic carbocycles. The van der Waals surface area contributed by atoms with E-state index in [0.29, 0.717) is 16.3 Å². The monoisotopic (exact) mass is 533 g/mol. The molecular weight excluding hydrogens is 518 g/mol. The molecule has 1 aliphatic heterocycles. The van der Waals surface area contributed by atoms with E-state index in [1.165, 1.54) is 48.5 Å². The lowest BCUT2D eigenvalue weighted by molar-refractivity contribution is -0.137. The predicted octanol–water partition coefficient (Wildman–Crippen LogP) is 6.36. The van der Waals surface area contributed by atoms with Crippen LogP contribution in [0, 0.1) is 6.92 Å². The van der Waals surface area contributed by atoms with Crippen LogP contribution in [0.25, 0.3) is 0 Å². The number of amides is 3. The number of carbonyl (C=O) groups excluding carboxylic acids is 3. The number of aryl methyl sites for hydroxylation is 1. The Kier molecular flexibility index (Phi) is 6.79. The standard InChI is InChI=1S/C25H16Cl2F3N3O3/c1-13-5-6-14(22(34)31-17-4-2-3-15(12-17)25(28,29)30)11-19(13)32-21-20(27)23(35)33(24(21)36)18-9-7-16(26)8-10-18/h2-12,32H,1H3,(H,31,34). The molecule has 0 radical (unpaired) electrons. The van der Waals surface area contributed by atoms with Crippen molar-refractivity contribution in [3.63, 3.8) is 0 Å². The predicted molar refractivity (Wildman–Crippen MR) is 131 cm³/mol. The smallest absolute Gasteiger partial charge is 0.349 e. The second-order valence-electron chi connectivity index (χ2n) is 7.80. The van der Waals surface area contributed by atoms with Crippen LogP contribution in [0.2, 0.25) is 5.02 Å². The molecular formula is C25H16Cl2F3N3O3. The van der Waals surface area contributed by atoms with E-state index in [-0.39, 0.29) is 27.7 Å². The number of hydrogen-bond acceptors (Lipinski definition) is 4. The Morgan fingerprint density at radius 1 is 0.917 bits per heavy atom. The minimum atomic E-state index is -4.56. The average molecular weight is 534 g/mol. The normalized spacial score (nSPS) is 13.9. The van der Waals surface area contributed by atoms with Crippen molar-refractivity contribution >= 4 is 58.0 Å². The first-order chi connectivity index (χ1) is 17.0. The molecule has 3 aromatic rings. The van der Waals surface area contributed by atoms with Gasteiger partial charge in [-0.3, -0.25) is 14.4 Å². The number of alkyl halides is 3. The fourth-order valence-electron chi connectivity index (χ4n) is 3.45. The fraction of sp³-hybridized carbons (Fsp3) is 0.0800. The maximum Gasteiger partial charge on any atom is 0.416 e. The van der Waals surface area contributed by atoms with Crippen LogP contribution < -0.4 is 15.5 Å². The van der Waals surface area contributed by atoms with Gasteiger partial charge in [0.15, 0.2) is 0 Å². The summed E-state index contributed by atoms with van der Waals surface area (Å²) in [5.74, 6) is -2.11. The van der Waals surface area contributed by atoms with Crippen molar-refractivity contribution in [1.29, 1.82) is 0 Å². The quantitative estimate of drug-likeness (QED) is 0.374. The molecule has 0 saturated heterocycles. The van der Waals surface area contributed by atoms with Crippen molar-refractivity contribution in [1.82, 2.24) is 0 Å². The molecule has 2 N–H and O–H groups in total. The van der Waals surface area contributed by atoms with Gasteiger partial charge in [-0.05, 0) is 67.1 Å². The van der Waals surface area contributed by atoms with Crippen molar-refractivity contribution in [2.24, 2.45) is 0 Å². The third kappa shape index (κ3) is 5.07. The Bertz CT molecular complexity index is 1420. The van der Waals surface area contributed by atoms with Gasteiger partial charge < -0.3 is 10.6 Å². The van der Waals surface area contributed by atoms with Gasteiger partial charge >= 0.3 is 6.18 Å². The first-order valence-electron chi connectivity index (χ1n) is 10.4. The summed E-state index contributed by atoms with van der Waals surface area (Å²) in [6.07, 6.45) is -4.56. The minimum absolute atomic E-state index is 0.0363. The van der Waals surface area contributed by atoms with Crippen LogP contribution >= 0.6 is 23.2 Å². The van der Waals surface area contributed by atoms with Crippen molar-refractivity contribution in [2.45, 2.75) is 13.1 Å². The van der Waals surface area contributed by atoms with Gasteiger partial charge in [0.05, 0.1) is 11.3 Å². The van der Waals surface area contributed by atoms with Crippen LogP contribution in [0.5, 0.6) is 0 Å². The summed E-state index contributed by atoms with van der Waals surface area (Å²) in [6.45, 7) is 1.70. The minimum Gasteiger partial charge on any atom is -0.349 e. The number of benzene rings is 3. The van der Waals surface area contributed by atoms with Gasteiger partial charge in [0.25, 0.3) is 17.7 Å². The second kappa shape index (κ2) is 9.67. The van der Waals surface area contributed by atoms with Crippen molar-refractivity contribution in [3.05, 3.63) is 99.2 Å². The topological polar surface area (TPSA) is 78.5 Å². The zero-order chi connectivity index (χ0) is 26.2. The molecule has 0 unspecified atom stereocenters. The van der Waals surface area contributed by atoms with E-state index in [9.17, 15) is 27.6 Å². The number of nitrogens with zero attached hydrogens (tertiary/aromatic N) is 1. The third-order valence-electron chi connectivity index (χ3n) is 5.32. The average Bonchev–Trinajstić information content (AvgIpc) is 3.03. The number of imide groups is 1. The van der Waals surface area contributed by atoms with Crippen LogP contribution in [0.4, 0.5) is 30.2 Å². The molecule has 36 heavy (non-hydrogen) atoms. The Morgan fingerprint density at radius 2 is 1.61 bits per heavy atom. The summed E-state index contributed by atoms with van der Waals surface area (Å²) in [6, 6.07) is 14.7. The molecule has 1 aliphatic rings. The molecule has 0 bridgehead atoms. The van der Waals surface area contributed by atoms with E-state index in [1.54, 1.807) is 13.0 Å². The Balaban J connectivity index is 1.57. The van der Waals surface area contributed by atoms with Gasteiger partial charge in [0, 0.05) is 22.0 Å². The molecule has 3 aromatic carbocycles. The molecule has 0 saturated carbocycles. The van der Waals surface area contributed by atoms with Gasteiger partial charge in [-0.1, -0.05) is 35.3 Å². The largest absolute Gasteiger partial charge is 0.416 e. The first-order valence-corrected chi connectivity index (χ1v) is 11.1. The molecule has 0 spiro atoms. The van der Waals surface area contributed by atoms with Crippen LogP contribution in [0.15, 0.2) is 77.5 Å². The van der Waals surface area contributed by atoms with Crippen LogP contribution in [0.3, 0.4) is 0 Å². The van der Waals surface area contributed by atoms with E-state index >= 15 is 0 Å². The lowest BCUT2D eigenvalue weighted by Crippen LogP contribution is -2.32. The van der Waals surface area contributed by atoms with E-state index in [4.69, 9.17) is 23.2 Å². The number of nitrogens with one attached hydrogen (secondary N) is 2. The van der Waals surface area contributed by atoms with Crippen LogP contribution in [-0.4, -0.2) is 17.7 Å². The van der Waals surface area contributed by atoms with Crippen LogP contribution in [-0.2, 0) is 15.8 Å². The highest BCUT2D eigenvalue weighted by Crippen LogP contribution is 2.33. The highest BCUT2D eigenvalue weighted by atomic mass is 35.5. The van der Waals surface area contributed by atoms with E-state index in [1.807, 2.05) is 0 Å². The van der Waals surface area contributed by atoms with E-state index < -0.39 is 29.5 Å². The zero-order valence-electron chi connectivity index (χ0n) is 18.4. The van der Waals surface area contributed by atoms with Gasteiger partial charge in [-0.15, -0.1) is 0 Å². The number of rotatable bonds is 5. The molecule has 4 rings (SSSR count). The molecule has 6 nitrogen and oxygen atoms in total. The molecule has 0 aromatic heterocycles. The number of hydrogen-bond donors (Lipinski definition) is 2. The molecule has 11 heteroatoms. The number of halogens is 5. The van der Waals surface area contributed by atoms with Gasteiger partial charge in [0.1, 0.15) is 10.7 Å². The Morgan fingerprint density at radius 3 is 2.28 bits per heavy atom. The summed E-state index contributed by atoms with van der Waals surface area (Å²) in [5.41, 5.74) is 0.175. The maximum absolute atomic E-state index is 13.0. The van der Waals surface area contributed by atoms with Crippen molar-refractivity contribution in [3.8, 4) is 0 Å². The van der Waals surface area contributed by atoms with E-state index in [0.717, 1.165) is 17.0 Å². The highest BCUT2D eigenvalue weighted by Gasteiger charge is 2.39. The summed E-state index contributed by atoms with van der Waals surface area (Å²) >= 11 is 12.0. The number of anilines is 3. The molecule has 184 valence electrons. The van der Waals surface area contributed by atoms with Gasteiger partial charge in [0.2, 0.25) is 0 Å². The van der Waals surface area contributed by atoms with Crippen molar-refractivity contribution < 1.29 is 27.6 Å². The van der Waals surface area contributed by atoms with Gasteiger partial charge in [-0.25, -0.2) is 4.90 Å². The third-order valence-corrected chi connectivity index (χ3v) is 5.92.